The van der Waals surface area contributed by atoms with E-state index in [1.165, 1.54) is 4.90 Å². The van der Waals surface area contributed by atoms with Crippen LogP contribution in [0.4, 0.5) is 9.59 Å². The SMILES string of the molecule is CCOC(=O)C1=C(CN2CCN(C(=O)NC(C)C)CC2)N(C)C(=O)NC1c1ccc(Cl)c(Cl)c1. The van der Waals surface area contributed by atoms with E-state index in [9.17, 15) is 14.4 Å². The summed E-state index contributed by atoms with van der Waals surface area (Å²) in [4.78, 5) is 43.6. The van der Waals surface area contributed by atoms with Gasteiger partial charge in [0.25, 0.3) is 0 Å². The highest BCUT2D eigenvalue weighted by Gasteiger charge is 2.38. The normalized spacial score (nSPS) is 19.4. The van der Waals surface area contributed by atoms with Crippen LogP contribution in [-0.4, -0.2) is 85.2 Å². The Kier molecular flexibility index (Phi) is 8.67. The molecule has 0 spiro atoms. The highest BCUT2D eigenvalue weighted by molar-refractivity contribution is 6.42. The van der Waals surface area contributed by atoms with Gasteiger partial charge >= 0.3 is 18.0 Å². The second-order valence-corrected chi connectivity index (χ2v) is 9.38. The quantitative estimate of drug-likeness (QED) is 0.571. The van der Waals surface area contributed by atoms with Crippen molar-refractivity contribution in [3.8, 4) is 0 Å². The molecule has 0 aromatic heterocycles. The number of likely N-dealkylation sites (N-methyl/N-ethyl adjacent to an activating group) is 1. The summed E-state index contributed by atoms with van der Waals surface area (Å²) in [6.45, 7) is 8.45. The highest BCUT2D eigenvalue weighted by atomic mass is 35.5. The van der Waals surface area contributed by atoms with E-state index >= 15 is 0 Å². The number of carbonyl (C=O) groups is 3. The summed E-state index contributed by atoms with van der Waals surface area (Å²) in [5.41, 5.74) is 1.53. The number of rotatable bonds is 6. The molecule has 34 heavy (non-hydrogen) atoms. The van der Waals surface area contributed by atoms with Gasteiger partial charge in [-0.05, 0) is 38.5 Å². The lowest BCUT2D eigenvalue weighted by Crippen LogP contribution is -2.55. The van der Waals surface area contributed by atoms with Crippen LogP contribution in [0.1, 0.15) is 32.4 Å². The second kappa shape index (κ2) is 11.3. The fourth-order valence-electron chi connectivity index (χ4n) is 4.00. The number of nitrogens with zero attached hydrogens (tertiary/aromatic N) is 3. The van der Waals surface area contributed by atoms with Gasteiger partial charge in [-0.2, -0.15) is 0 Å². The van der Waals surface area contributed by atoms with Crippen molar-refractivity contribution in [1.29, 1.82) is 0 Å². The van der Waals surface area contributed by atoms with Crippen molar-refractivity contribution in [1.82, 2.24) is 25.3 Å². The first-order valence-corrected chi connectivity index (χ1v) is 12.0. The number of amides is 4. The largest absolute Gasteiger partial charge is 0.463 e. The van der Waals surface area contributed by atoms with Crippen LogP contribution >= 0.6 is 23.2 Å². The molecule has 0 bridgehead atoms. The molecule has 2 aliphatic heterocycles. The Labute approximate surface area is 210 Å². The number of nitrogens with one attached hydrogen (secondary N) is 2. The average Bonchev–Trinajstić information content (AvgIpc) is 2.78. The maximum Gasteiger partial charge on any atom is 0.338 e. The number of piperazine rings is 1. The Balaban J connectivity index is 1.89. The van der Waals surface area contributed by atoms with Crippen molar-refractivity contribution < 1.29 is 19.1 Å². The minimum Gasteiger partial charge on any atom is -0.463 e. The molecule has 1 saturated heterocycles. The van der Waals surface area contributed by atoms with Gasteiger partial charge in [0.1, 0.15) is 0 Å². The van der Waals surface area contributed by atoms with Crippen LogP contribution in [0.5, 0.6) is 0 Å². The maximum absolute atomic E-state index is 13.1. The molecule has 0 aliphatic carbocycles. The molecule has 2 heterocycles. The summed E-state index contributed by atoms with van der Waals surface area (Å²) in [6, 6.07) is 3.91. The second-order valence-electron chi connectivity index (χ2n) is 8.56. The van der Waals surface area contributed by atoms with Crippen LogP contribution in [0.3, 0.4) is 0 Å². The highest BCUT2D eigenvalue weighted by Crippen LogP contribution is 2.34. The topological polar surface area (TPSA) is 94.2 Å². The fraction of sp³-hybridized carbons (Fsp3) is 0.522. The van der Waals surface area contributed by atoms with Crippen LogP contribution < -0.4 is 10.6 Å². The molecule has 11 heteroatoms. The third-order valence-corrected chi connectivity index (χ3v) is 6.53. The van der Waals surface area contributed by atoms with Crippen LogP contribution in [0.15, 0.2) is 29.5 Å². The monoisotopic (exact) mass is 511 g/mol. The lowest BCUT2D eigenvalue weighted by molar-refractivity contribution is -0.139. The molecule has 0 saturated carbocycles. The summed E-state index contributed by atoms with van der Waals surface area (Å²) in [5.74, 6) is -0.504. The van der Waals surface area contributed by atoms with Gasteiger partial charge in [0.15, 0.2) is 0 Å². The number of halogens is 2. The number of ether oxygens (including phenoxy) is 1. The zero-order chi connectivity index (χ0) is 25.0. The van der Waals surface area contributed by atoms with E-state index in [0.717, 1.165) is 0 Å². The van der Waals surface area contributed by atoms with Gasteiger partial charge in [-0.1, -0.05) is 29.3 Å². The van der Waals surface area contributed by atoms with Crippen LogP contribution in [-0.2, 0) is 9.53 Å². The van der Waals surface area contributed by atoms with Gasteiger partial charge in [0, 0.05) is 51.5 Å². The molecule has 1 atom stereocenters. The van der Waals surface area contributed by atoms with Gasteiger partial charge in [-0.25, -0.2) is 14.4 Å². The van der Waals surface area contributed by atoms with E-state index in [-0.39, 0.29) is 24.7 Å². The van der Waals surface area contributed by atoms with Crippen molar-refractivity contribution in [2.45, 2.75) is 32.9 Å². The standard InChI is InChI=1S/C23H31Cl2N5O4/c1-5-34-21(31)19-18(13-29-8-10-30(11-9-29)23(33)26-14(2)3)28(4)22(32)27-20(19)15-6-7-16(24)17(25)12-15/h6-7,12,14,20H,5,8-11,13H2,1-4H3,(H,26,33)(H,27,32). The van der Waals surface area contributed by atoms with Gasteiger partial charge < -0.3 is 20.3 Å². The van der Waals surface area contributed by atoms with Crippen LogP contribution in [0, 0.1) is 0 Å². The van der Waals surface area contributed by atoms with E-state index in [4.69, 9.17) is 27.9 Å². The van der Waals surface area contributed by atoms with Crippen molar-refractivity contribution in [3.63, 3.8) is 0 Å². The summed E-state index contributed by atoms with van der Waals surface area (Å²) < 4.78 is 5.36. The number of benzene rings is 1. The Bertz CT molecular complexity index is 976. The molecule has 3 rings (SSSR count). The number of urea groups is 2. The van der Waals surface area contributed by atoms with Crippen LogP contribution in [0.25, 0.3) is 0 Å². The number of esters is 1. The van der Waals surface area contributed by atoms with Crippen molar-refractivity contribution in [2.24, 2.45) is 0 Å². The summed E-state index contributed by atoms with van der Waals surface area (Å²) in [6.07, 6.45) is 0. The molecule has 2 N–H and O–H groups in total. The Morgan fingerprint density at radius 3 is 2.44 bits per heavy atom. The first kappa shape index (κ1) is 26.1. The predicted octanol–water partition coefficient (Wildman–Crippen LogP) is 3.24. The van der Waals surface area contributed by atoms with E-state index in [1.807, 2.05) is 13.8 Å². The van der Waals surface area contributed by atoms with Gasteiger partial charge in [-0.15, -0.1) is 0 Å². The summed E-state index contributed by atoms with van der Waals surface area (Å²) in [7, 11) is 1.63. The molecule has 0 radical (unpaired) electrons. The predicted molar refractivity (Wildman–Crippen MR) is 131 cm³/mol. The number of hydrogen-bond donors (Lipinski definition) is 2. The minimum atomic E-state index is -0.731. The molecule has 1 unspecified atom stereocenters. The van der Waals surface area contributed by atoms with Gasteiger partial charge in [0.05, 0.1) is 28.3 Å². The summed E-state index contributed by atoms with van der Waals surface area (Å²) in [5, 5.41) is 6.49. The van der Waals surface area contributed by atoms with Crippen molar-refractivity contribution in [3.05, 3.63) is 45.1 Å². The van der Waals surface area contributed by atoms with Crippen molar-refractivity contribution >= 4 is 41.2 Å². The maximum atomic E-state index is 13.1. The molecule has 1 aromatic rings. The third-order valence-electron chi connectivity index (χ3n) is 5.79. The van der Waals surface area contributed by atoms with Gasteiger partial charge in [0.2, 0.25) is 0 Å². The van der Waals surface area contributed by atoms with E-state index in [2.05, 4.69) is 15.5 Å². The first-order valence-electron chi connectivity index (χ1n) is 11.3. The first-order chi connectivity index (χ1) is 16.1. The molecule has 2 aliphatic rings. The minimum absolute atomic E-state index is 0.0653. The lowest BCUT2D eigenvalue weighted by Gasteiger charge is -2.39. The number of carbonyl (C=O) groups excluding carboxylic acids is 3. The smallest absolute Gasteiger partial charge is 0.338 e. The number of hydrogen-bond acceptors (Lipinski definition) is 5. The average molecular weight is 512 g/mol. The summed E-state index contributed by atoms with van der Waals surface area (Å²) >= 11 is 12.3. The molecule has 9 nitrogen and oxygen atoms in total. The van der Waals surface area contributed by atoms with E-state index in [0.29, 0.717) is 59.6 Å². The molecular formula is C23H31Cl2N5O4. The molecule has 1 aromatic carbocycles. The van der Waals surface area contributed by atoms with E-state index in [1.54, 1.807) is 37.1 Å². The molecule has 4 amide bonds. The molecule has 186 valence electrons. The van der Waals surface area contributed by atoms with Crippen LogP contribution in [0.2, 0.25) is 10.0 Å². The molecular weight excluding hydrogens is 481 g/mol. The Morgan fingerprint density at radius 1 is 1.18 bits per heavy atom. The zero-order valence-electron chi connectivity index (χ0n) is 19.9. The fourth-order valence-corrected chi connectivity index (χ4v) is 4.31. The molecule has 1 fully saturated rings. The Hall–Kier alpha value is -2.49. The van der Waals surface area contributed by atoms with E-state index < -0.39 is 12.0 Å². The third kappa shape index (κ3) is 5.95. The van der Waals surface area contributed by atoms with Gasteiger partial charge in [-0.3, -0.25) is 9.80 Å². The zero-order valence-corrected chi connectivity index (χ0v) is 21.4. The van der Waals surface area contributed by atoms with Crippen molar-refractivity contribution in [2.75, 3.05) is 46.4 Å². The lowest BCUT2D eigenvalue weighted by atomic mass is 9.94. The Morgan fingerprint density at radius 2 is 1.85 bits per heavy atom.